The van der Waals surface area contributed by atoms with Gasteiger partial charge in [0.15, 0.2) is 6.10 Å². The van der Waals surface area contributed by atoms with Gasteiger partial charge in [-0.3, -0.25) is 4.79 Å². The molecule has 1 saturated carbocycles. The first-order chi connectivity index (χ1) is 11.9. The van der Waals surface area contributed by atoms with Crippen molar-refractivity contribution < 1.29 is 19.4 Å². The molecule has 4 rings (SSSR count). The SMILES string of the molecule is CC1=C2[C@@H]3OC(=O)C(C(=S)N4CCOCC4)C3(O)CC[C@@]2(C)CCC1. The van der Waals surface area contributed by atoms with Crippen LogP contribution in [0, 0.1) is 11.3 Å². The highest BCUT2D eigenvalue weighted by atomic mass is 32.1. The van der Waals surface area contributed by atoms with Gasteiger partial charge in [-0.2, -0.15) is 0 Å². The fraction of sp³-hybridized carbons (Fsp3) is 0.789. The van der Waals surface area contributed by atoms with E-state index in [9.17, 15) is 9.90 Å². The Kier molecular flexibility index (Phi) is 4.21. The lowest BCUT2D eigenvalue weighted by atomic mass is 9.58. The molecule has 1 N–H and O–H groups in total. The van der Waals surface area contributed by atoms with Gasteiger partial charge in [0.25, 0.3) is 0 Å². The highest BCUT2D eigenvalue weighted by molar-refractivity contribution is 7.80. The van der Waals surface area contributed by atoms with E-state index in [2.05, 4.69) is 13.8 Å². The first kappa shape index (κ1) is 17.4. The summed E-state index contributed by atoms with van der Waals surface area (Å²) < 4.78 is 11.2. The van der Waals surface area contributed by atoms with Gasteiger partial charge in [0.1, 0.15) is 11.5 Å². The van der Waals surface area contributed by atoms with E-state index >= 15 is 0 Å². The highest BCUT2D eigenvalue weighted by Crippen LogP contribution is 2.57. The van der Waals surface area contributed by atoms with Crippen LogP contribution in [-0.4, -0.2) is 59.0 Å². The maximum absolute atomic E-state index is 12.8. The van der Waals surface area contributed by atoms with Crippen LogP contribution >= 0.6 is 12.2 Å². The molecule has 6 heteroatoms. The highest BCUT2D eigenvalue weighted by Gasteiger charge is 2.64. The van der Waals surface area contributed by atoms with E-state index in [1.165, 1.54) is 12.0 Å². The second kappa shape index (κ2) is 6.03. The van der Waals surface area contributed by atoms with Crippen molar-refractivity contribution in [2.45, 2.75) is 57.7 Å². The molecular weight excluding hydrogens is 338 g/mol. The molecule has 2 aliphatic carbocycles. The van der Waals surface area contributed by atoms with Crippen molar-refractivity contribution in [1.82, 2.24) is 4.90 Å². The maximum atomic E-state index is 12.8. The molecule has 0 amide bonds. The summed E-state index contributed by atoms with van der Waals surface area (Å²) in [5, 5.41) is 11.6. The topological polar surface area (TPSA) is 59.0 Å². The number of carbonyl (C=O) groups is 1. The lowest BCUT2D eigenvalue weighted by molar-refractivity contribution is -0.143. The van der Waals surface area contributed by atoms with Gasteiger partial charge in [-0.15, -0.1) is 0 Å². The lowest BCUT2D eigenvalue weighted by Crippen LogP contribution is -2.57. The summed E-state index contributed by atoms with van der Waals surface area (Å²) in [4.78, 5) is 15.3. The van der Waals surface area contributed by atoms with E-state index in [0.29, 0.717) is 37.7 Å². The molecule has 0 spiro atoms. The zero-order valence-electron chi connectivity index (χ0n) is 15.0. The molecule has 2 saturated heterocycles. The average molecular weight is 365 g/mol. The van der Waals surface area contributed by atoms with Gasteiger partial charge in [-0.1, -0.05) is 24.7 Å². The molecule has 138 valence electrons. The predicted molar refractivity (Wildman–Crippen MR) is 97.2 cm³/mol. The summed E-state index contributed by atoms with van der Waals surface area (Å²) in [6, 6.07) is 0. The summed E-state index contributed by atoms with van der Waals surface area (Å²) >= 11 is 5.65. The number of hydrogen-bond donors (Lipinski definition) is 1. The molecule has 0 aromatic carbocycles. The van der Waals surface area contributed by atoms with Crippen molar-refractivity contribution >= 4 is 23.2 Å². The van der Waals surface area contributed by atoms with E-state index in [-0.39, 0.29) is 11.4 Å². The Morgan fingerprint density at radius 3 is 2.72 bits per heavy atom. The second-order valence-electron chi connectivity index (χ2n) is 8.29. The fourth-order valence-electron chi connectivity index (χ4n) is 5.31. The maximum Gasteiger partial charge on any atom is 0.319 e. The van der Waals surface area contributed by atoms with Crippen LogP contribution in [0.5, 0.6) is 0 Å². The molecule has 2 heterocycles. The smallest absolute Gasteiger partial charge is 0.319 e. The molecule has 25 heavy (non-hydrogen) atoms. The predicted octanol–water partition coefficient (Wildman–Crippen LogP) is 2.22. The Morgan fingerprint density at radius 1 is 1.28 bits per heavy atom. The Labute approximate surface area is 154 Å². The summed E-state index contributed by atoms with van der Waals surface area (Å²) in [5.41, 5.74) is 1.27. The number of ether oxygens (including phenoxy) is 2. The number of allylic oxidation sites excluding steroid dienone is 1. The minimum absolute atomic E-state index is 0.0367. The first-order valence-electron chi connectivity index (χ1n) is 9.36. The Bertz CT molecular complexity index is 641. The molecule has 0 aromatic heterocycles. The van der Waals surface area contributed by atoms with Crippen LogP contribution in [-0.2, 0) is 14.3 Å². The minimum atomic E-state index is -1.21. The molecule has 4 aliphatic rings. The number of nitrogens with zero attached hydrogens (tertiary/aromatic N) is 1. The van der Waals surface area contributed by atoms with Gasteiger partial charge < -0.3 is 19.5 Å². The van der Waals surface area contributed by atoms with Gasteiger partial charge in [0.2, 0.25) is 0 Å². The number of carbonyl (C=O) groups excluding carboxylic acids is 1. The third-order valence-corrected chi connectivity index (χ3v) is 7.22. The number of morpholine rings is 1. The third kappa shape index (κ3) is 2.56. The molecule has 0 bridgehead atoms. The Hall–Kier alpha value is -0.980. The van der Waals surface area contributed by atoms with Crippen molar-refractivity contribution in [3.8, 4) is 0 Å². The Morgan fingerprint density at radius 2 is 2.00 bits per heavy atom. The quantitative estimate of drug-likeness (QED) is 0.437. The number of thiocarbonyl (C=S) groups is 1. The van der Waals surface area contributed by atoms with Crippen molar-refractivity contribution in [2.24, 2.45) is 11.3 Å². The van der Waals surface area contributed by atoms with Crippen molar-refractivity contribution in [3.05, 3.63) is 11.1 Å². The first-order valence-corrected chi connectivity index (χ1v) is 9.77. The lowest BCUT2D eigenvalue weighted by Gasteiger charge is -2.49. The van der Waals surface area contributed by atoms with Crippen LogP contribution in [0.1, 0.15) is 46.0 Å². The number of fused-ring (bicyclic) bond motifs is 3. The van der Waals surface area contributed by atoms with E-state index in [1.807, 2.05) is 4.90 Å². The normalized spacial score (nSPS) is 41.2. The number of rotatable bonds is 1. The van der Waals surface area contributed by atoms with Crippen molar-refractivity contribution in [3.63, 3.8) is 0 Å². The number of hydrogen-bond acceptors (Lipinski definition) is 5. The van der Waals surface area contributed by atoms with Crippen LogP contribution in [0.15, 0.2) is 11.1 Å². The Balaban J connectivity index is 1.69. The summed E-state index contributed by atoms with van der Waals surface area (Å²) in [7, 11) is 0. The molecule has 2 unspecified atom stereocenters. The van der Waals surface area contributed by atoms with E-state index in [4.69, 9.17) is 21.7 Å². The van der Waals surface area contributed by atoms with Crippen LogP contribution in [0.3, 0.4) is 0 Å². The largest absolute Gasteiger partial charge is 0.454 e. The van der Waals surface area contributed by atoms with Crippen molar-refractivity contribution in [1.29, 1.82) is 0 Å². The zero-order valence-corrected chi connectivity index (χ0v) is 15.9. The molecule has 2 aliphatic heterocycles. The van der Waals surface area contributed by atoms with Gasteiger partial charge >= 0.3 is 5.97 Å². The minimum Gasteiger partial charge on any atom is -0.454 e. The molecule has 0 aromatic rings. The number of aliphatic hydroxyl groups is 1. The molecule has 5 nitrogen and oxygen atoms in total. The van der Waals surface area contributed by atoms with Crippen LogP contribution in [0.2, 0.25) is 0 Å². The average Bonchev–Trinajstić information content (AvgIpc) is 2.85. The zero-order chi connectivity index (χ0) is 17.8. The van der Waals surface area contributed by atoms with Crippen LogP contribution in [0.25, 0.3) is 0 Å². The summed E-state index contributed by atoms with van der Waals surface area (Å²) in [6.45, 7) is 6.93. The van der Waals surface area contributed by atoms with Crippen LogP contribution < -0.4 is 0 Å². The van der Waals surface area contributed by atoms with Gasteiger partial charge in [0.05, 0.1) is 18.2 Å². The van der Waals surface area contributed by atoms with Gasteiger partial charge in [0, 0.05) is 13.1 Å². The molecule has 4 atom stereocenters. The van der Waals surface area contributed by atoms with Gasteiger partial charge in [-0.05, 0) is 50.0 Å². The van der Waals surface area contributed by atoms with Crippen molar-refractivity contribution in [2.75, 3.05) is 26.3 Å². The summed E-state index contributed by atoms with van der Waals surface area (Å²) in [6.07, 6.45) is 4.19. The fourth-order valence-corrected chi connectivity index (χ4v) is 5.79. The second-order valence-corrected chi connectivity index (χ2v) is 8.71. The molecule has 3 fully saturated rings. The van der Waals surface area contributed by atoms with Crippen LogP contribution in [0.4, 0.5) is 0 Å². The standard InChI is InChI=1S/C19H27NO4S/c1-12-4-3-5-18(2)6-7-19(22)14(17(21)24-15(19)13(12)18)16(25)20-8-10-23-11-9-20/h14-15,22H,3-11H2,1-2H3/t14?,15-,18+,19?/m0/s1. The number of esters is 1. The van der Waals surface area contributed by atoms with Gasteiger partial charge in [-0.25, -0.2) is 0 Å². The molecule has 0 radical (unpaired) electrons. The van der Waals surface area contributed by atoms with E-state index in [0.717, 1.165) is 24.8 Å². The monoisotopic (exact) mass is 365 g/mol. The molecular formula is C19H27NO4S. The van der Waals surface area contributed by atoms with E-state index in [1.54, 1.807) is 0 Å². The van der Waals surface area contributed by atoms with E-state index < -0.39 is 17.6 Å². The summed E-state index contributed by atoms with van der Waals surface area (Å²) in [5.74, 6) is -1.10. The third-order valence-electron chi connectivity index (χ3n) is 6.72.